The zero-order valence-corrected chi connectivity index (χ0v) is 26.6. The minimum atomic E-state index is -0.482. The lowest BCUT2D eigenvalue weighted by Crippen LogP contribution is -2.40. The van der Waals surface area contributed by atoms with E-state index in [9.17, 15) is 14.4 Å². The van der Waals surface area contributed by atoms with E-state index in [4.69, 9.17) is 9.97 Å². The van der Waals surface area contributed by atoms with Crippen molar-refractivity contribution in [3.8, 4) is 39.2 Å². The van der Waals surface area contributed by atoms with Crippen LogP contribution >= 0.6 is 11.3 Å². The zero-order valence-electron chi connectivity index (χ0n) is 25.8. The first-order valence-corrected chi connectivity index (χ1v) is 15.9. The molecule has 0 radical (unpaired) electrons. The average molecular weight is 625 g/mol. The summed E-state index contributed by atoms with van der Waals surface area (Å²) in [5, 5.41) is 11.9. The average Bonchev–Trinajstić information content (AvgIpc) is 3.67. The summed E-state index contributed by atoms with van der Waals surface area (Å²) in [4.78, 5) is 25.6. The second kappa shape index (κ2) is 12.5. The predicted octanol–water partition coefficient (Wildman–Crippen LogP) is 7.08. The molecule has 5 aromatic rings. The smallest absolute Gasteiger partial charge is 0.236 e. The van der Waals surface area contributed by atoms with Gasteiger partial charge in [0.25, 0.3) is 0 Å². The number of hydrogen-bond donors (Lipinski definition) is 0. The first kappa shape index (κ1) is 30.6. The number of thiazole rings is 1. The number of aromatic nitrogens is 3. The minimum absolute atomic E-state index is 0.115. The molecule has 0 spiro atoms. The molecule has 0 bridgehead atoms. The number of likely N-dealkylation sites (N-methyl/N-ethyl adjacent to an activating group) is 1. The van der Waals surface area contributed by atoms with Crippen LogP contribution in [-0.2, 0) is 11.2 Å². The van der Waals surface area contributed by atoms with E-state index in [2.05, 4.69) is 17.2 Å². The minimum Gasteiger partial charge on any atom is -0.348 e. The van der Waals surface area contributed by atoms with Crippen molar-refractivity contribution >= 4 is 22.9 Å². The Bertz CT molecular complexity index is 1950. The number of carbonyl (C=O) groups is 1. The highest BCUT2D eigenvalue weighted by atomic mass is 32.1. The molecule has 0 unspecified atom stereocenters. The van der Waals surface area contributed by atoms with Gasteiger partial charge in [-0.3, -0.25) is 14.1 Å². The number of nitriles is 1. The predicted molar refractivity (Wildman–Crippen MR) is 173 cm³/mol. The highest BCUT2D eigenvalue weighted by Gasteiger charge is 2.25. The number of pyridine rings is 1. The van der Waals surface area contributed by atoms with E-state index >= 15 is 4.39 Å². The number of carbonyl (C=O) groups excluding carboxylic acids is 1. The fourth-order valence-corrected chi connectivity index (χ4v) is 7.00. The number of rotatable bonds is 7. The van der Waals surface area contributed by atoms with E-state index in [0.29, 0.717) is 51.8 Å². The van der Waals surface area contributed by atoms with E-state index in [1.54, 1.807) is 43.4 Å². The van der Waals surface area contributed by atoms with Gasteiger partial charge >= 0.3 is 0 Å². The maximum absolute atomic E-state index is 16.3. The maximum atomic E-state index is 16.3. The summed E-state index contributed by atoms with van der Waals surface area (Å²) >= 11 is 1.36. The largest absolute Gasteiger partial charge is 0.348 e. The van der Waals surface area contributed by atoms with Crippen LogP contribution in [0.15, 0.2) is 54.0 Å². The molecule has 45 heavy (non-hydrogen) atoms. The lowest BCUT2D eigenvalue weighted by molar-refractivity contribution is -0.130. The Morgan fingerprint density at radius 2 is 1.80 bits per heavy atom. The molecule has 1 saturated heterocycles. The molecule has 1 aliphatic rings. The third-order valence-corrected chi connectivity index (χ3v) is 9.59. The molecule has 0 N–H and O–H groups in total. The van der Waals surface area contributed by atoms with Crippen molar-refractivity contribution in [3.05, 3.63) is 88.1 Å². The Morgan fingerprint density at radius 3 is 2.51 bits per heavy atom. The molecule has 7 nitrogen and oxygen atoms in total. The molecular weight excluding hydrogens is 590 g/mol. The monoisotopic (exact) mass is 624 g/mol. The molecule has 3 aromatic heterocycles. The third kappa shape index (κ3) is 5.86. The fraction of sp³-hybridized carbons (Fsp3) is 0.314. The van der Waals surface area contributed by atoms with Crippen LogP contribution in [0, 0.1) is 29.9 Å². The first-order chi connectivity index (χ1) is 21.7. The van der Waals surface area contributed by atoms with E-state index < -0.39 is 5.82 Å². The van der Waals surface area contributed by atoms with Gasteiger partial charge in [-0.15, -0.1) is 11.3 Å². The lowest BCUT2D eigenvalue weighted by Gasteiger charge is -2.32. The van der Waals surface area contributed by atoms with Gasteiger partial charge in [0.15, 0.2) is 0 Å². The Morgan fingerprint density at radius 1 is 1.07 bits per heavy atom. The molecule has 230 valence electrons. The standard InChI is InChI=1S/C35H34F2N6OS/c1-5-29-34(43-18-23(6-11-31(43)39-29)22-12-14-42(15-13-22)19-32(44)41(3)4)28-10-9-26(21(2)33(28)37)35-40-30(20-45-35)27-8-7-25(36)16-24(27)17-38/h6-11,16,18,20,22H,5,12-15,19H2,1-4H3. The van der Waals surface area contributed by atoms with Gasteiger partial charge in [0.2, 0.25) is 5.91 Å². The number of imidazole rings is 1. The lowest BCUT2D eigenvalue weighted by atomic mass is 9.90. The van der Waals surface area contributed by atoms with Gasteiger partial charge in [0.1, 0.15) is 22.3 Å². The van der Waals surface area contributed by atoms with Crippen LogP contribution in [0.25, 0.3) is 38.7 Å². The summed E-state index contributed by atoms with van der Waals surface area (Å²) in [5.74, 6) is -0.353. The van der Waals surface area contributed by atoms with Crippen LogP contribution in [0.3, 0.4) is 0 Å². The van der Waals surface area contributed by atoms with Crippen LogP contribution < -0.4 is 0 Å². The van der Waals surface area contributed by atoms with Gasteiger partial charge in [0, 0.05) is 42.4 Å². The molecule has 10 heteroatoms. The number of nitrogens with zero attached hydrogens (tertiary/aromatic N) is 6. The van der Waals surface area contributed by atoms with Crippen molar-refractivity contribution < 1.29 is 13.6 Å². The van der Waals surface area contributed by atoms with Crippen molar-refractivity contribution in [1.29, 1.82) is 5.26 Å². The van der Waals surface area contributed by atoms with Crippen LogP contribution in [0.5, 0.6) is 0 Å². The van der Waals surface area contributed by atoms with Gasteiger partial charge in [-0.1, -0.05) is 19.1 Å². The van der Waals surface area contributed by atoms with Crippen LogP contribution in [0.1, 0.15) is 48.1 Å². The van der Waals surface area contributed by atoms with Crippen molar-refractivity contribution in [3.63, 3.8) is 0 Å². The van der Waals surface area contributed by atoms with Crippen molar-refractivity contribution in [2.75, 3.05) is 33.7 Å². The highest BCUT2D eigenvalue weighted by Crippen LogP contribution is 2.38. The maximum Gasteiger partial charge on any atom is 0.236 e. The molecule has 1 amide bonds. The molecule has 2 aromatic carbocycles. The third-order valence-electron chi connectivity index (χ3n) is 8.72. The van der Waals surface area contributed by atoms with E-state index in [1.165, 1.54) is 29.0 Å². The van der Waals surface area contributed by atoms with E-state index in [0.717, 1.165) is 43.0 Å². The fourth-order valence-electron chi connectivity index (χ4n) is 6.09. The summed E-state index contributed by atoms with van der Waals surface area (Å²) in [7, 11) is 3.57. The number of benzene rings is 2. The second-order valence-electron chi connectivity index (χ2n) is 11.7. The number of likely N-dealkylation sites (tertiary alicyclic amines) is 1. The van der Waals surface area contributed by atoms with Gasteiger partial charge < -0.3 is 4.90 Å². The number of fused-ring (bicyclic) bond motifs is 1. The molecular formula is C35H34F2N6OS. The molecule has 0 atom stereocenters. The summed E-state index contributed by atoms with van der Waals surface area (Å²) < 4.78 is 32.0. The number of aryl methyl sites for hydroxylation is 1. The first-order valence-electron chi connectivity index (χ1n) is 15.1. The van der Waals surface area contributed by atoms with Gasteiger partial charge in [-0.2, -0.15) is 5.26 Å². The topological polar surface area (TPSA) is 77.5 Å². The Balaban J connectivity index is 1.31. The number of halogens is 2. The van der Waals surface area contributed by atoms with Crippen LogP contribution in [-0.4, -0.2) is 63.8 Å². The van der Waals surface area contributed by atoms with Crippen LogP contribution in [0.4, 0.5) is 8.78 Å². The molecule has 6 rings (SSSR count). The molecule has 1 fully saturated rings. The Hall–Kier alpha value is -4.46. The normalized spacial score (nSPS) is 14.2. The molecule has 0 saturated carbocycles. The van der Waals surface area contributed by atoms with Gasteiger partial charge in [-0.25, -0.2) is 18.7 Å². The van der Waals surface area contributed by atoms with Crippen molar-refractivity contribution in [2.24, 2.45) is 0 Å². The highest BCUT2D eigenvalue weighted by molar-refractivity contribution is 7.13. The number of amides is 1. The summed E-state index contributed by atoms with van der Waals surface area (Å²) in [6.45, 7) is 5.92. The summed E-state index contributed by atoms with van der Waals surface area (Å²) in [6, 6.07) is 13.9. The van der Waals surface area contributed by atoms with Gasteiger partial charge in [-0.05, 0) is 86.7 Å². The summed E-state index contributed by atoms with van der Waals surface area (Å²) in [5.41, 5.74) is 6.45. The number of piperidine rings is 1. The number of hydrogen-bond acceptors (Lipinski definition) is 6. The van der Waals surface area contributed by atoms with E-state index in [1.807, 2.05) is 29.5 Å². The SMILES string of the molecule is CCc1nc2ccc(C3CCN(CC(=O)N(C)C)CC3)cn2c1-c1ccc(-c2nc(-c3ccc(F)cc3C#N)cs2)c(C)c1F. The Kier molecular flexibility index (Phi) is 8.49. The van der Waals surface area contributed by atoms with Crippen LogP contribution in [0.2, 0.25) is 0 Å². The molecule has 1 aliphatic heterocycles. The Labute approximate surface area is 265 Å². The molecule has 4 heterocycles. The quantitative estimate of drug-likeness (QED) is 0.193. The summed E-state index contributed by atoms with van der Waals surface area (Å²) in [6.07, 6.45) is 4.65. The van der Waals surface area contributed by atoms with Crippen molar-refractivity contribution in [1.82, 2.24) is 24.2 Å². The second-order valence-corrected chi connectivity index (χ2v) is 12.6. The van der Waals surface area contributed by atoms with Crippen molar-refractivity contribution in [2.45, 2.75) is 39.0 Å². The van der Waals surface area contributed by atoms with Gasteiger partial charge in [0.05, 0.1) is 35.3 Å². The zero-order chi connectivity index (χ0) is 31.8. The molecule has 0 aliphatic carbocycles. The van der Waals surface area contributed by atoms with E-state index in [-0.39, 0.29) is 17.3 Å².